The molecule has 2 rings (SSSR count). The second-order valence-corrected chi connectivity index (χ2v) is 2.35. The van der Waals surface area contributed by atoms with Gasteiger partial charge in [-0.15, -0.1) is 0 Å². The lowest BCUT2D eigenvalue weighted by atomic mass is 10.4. The molecule has 2 aromatic heterocycles. The summed E-state index contributed by atoms with van der Waals surface area (Å²) in [6.45, 7) is -0.117. The summed E-state index contributed by atoms with van der Waals surface area (Å²) in [4.78, 5) is 6.99. The first kappa shape index (κ1) is 7.05. The second kappa shape index (κ2) is 2.78. The Morgan fingerprint density at radius 3 is 3.00 bits per heavy atom. The first-order chi connectivity index (χ1) is 5.90. The molecule has 5 nitrogen and oxygen atoms in total. The van der Waals surface area contributed by atoms with Gasteiger partial charge in [0.25, 0.3) is 0 Å². The summed E-state index contributed by atoms with van der Waals surface area (Å²) in [5, 5.41) is 15.2. The number of aromatic nitrogens is 4. The molecule has 5 heteroatoms. The van der Waals surface area contributed by atoms with Crippen molar-refractivity contribution >= 4 is 0 Å². The Morgan fingerprint density at radius 2 is 2.42 bits per heavy atom. The molecule has 0 aliphatic carbocycles. The first-order valence-electron chi connectivity index (χ1n) is 3.56. The zero-order chi connectivity index (χ0) is 8.39. The van der Waals surface area contributed by atoms with Crippen molar-refractivity contribution < 1.29 is 5.11 Å². The van der Waals surface area contributed by atoms with Gasteiger partial charge in [0.15, 0.2) is 11.6 Å². The minimum atomic E-state index is -0.117. The standard InChI is InChI=1S/C7H8N4O/c12-4-6-9-7(11-10-6)5-2-1-3-8-5/h1-3,8,12H,4H2,(H,9,10,11). The van der Waals surface area contributed by atoms with Crippen LogP contribution >= 0.6 is 0 Å². The molecular weight excluding hydrogens is 156 g/mol. The number of nitrogens with zero attached hydrogens (tertiary/aromatic N) is 2. The van der Waals surface area contributed by atoms with Gasteiger partial charge in [0, 0.05) is 6.20 Å². The predicted molar refractivity (Wildman–Crippen MR) is 42.1 cm³/mol. The molecule has 0 radical (unpaired) electrons. The van der Waals surface area contributed by atoms with E-state index < -0.39 is 0 Å². The minimum Gasteiger partial charge on any atom is -0.388 e. The average Bonchev–Trinajstić information content (AvgIpc) is 2.75. The highest BCUT2D eigenvalue weighted by atomic mass is 16.3. The number of nitrogens with one attached hydrogen (secondary N) is 2. The molecule has 0 unspecified atom stereocenters. The van der Waals surface area contributed by atoms with E-state index in [1.807, 2.05) is 12.1 Å². The van der Waals surface area contributed by atoms with Gasteiger partial charge in [0.2, 0.25) is 0 Å². The Morgan fingerprint density at radius 1 is 1.50 bits per heavy atom. The van der Waals surface area contributed by atoms with Crippen molar-refractivity contribution in [1.82, 2.24) is 20.2 Å². The maximum Gasteiger partial charge on any atom is 0.197 e. The van der Waals surface area contributed by atoms with Crippen molar-refractivity contribution in [3.8, 4) is 11.5 Å². The van der Waals surface area contributed by atoms with E-state index >= 15 is 0 Å². The van der Waals surface area contributed by atoms with Crippen LogP contribution in [0.2, 0.25) is 0 Å². The second-order valence-electron chi connectivity index (χ2n) is 2.35. The highest BCUT2D eigenvalue weighted by molar-refractivity contribution is 5.48. The molecule has 2 aromatic rings. The molecule has 62 valence electrons. The van der Waals surface area contributed by atoms with Gasteiger partial charge in [-0.25, -0.2) is 4.98 Å². The van der Waals surface area contributed by atoms with Gasteiger partial charge >= 0.3 is 0 Å². The lowest BCUT2D eigenvalue weighted by Gasteiger charge is -1.85. The normalized spacial score (nSPS) is 10.4. The third kappa shape index (κ3) is 1.10. The highest BCUT2D eigenvalue weighted by Gasteiger charge is 2.04. The summed E-state index contributed by atoms with van der Waals surface area (Å²) < 4.78 is 0. The van der Waals surface area contributed by atoms with Crippen LogP contribution in [0, 0.1) is 0 Å². The molecule has 0 spiro atoms. The minimum absolute atomic E-state index is 0.117. The molecular formula is C7H8N4O. The summed E-state index contributed by atoms with van der Waals surface area (Å²) >= 11 is 0. The SMILES string of the molecule is OCc1nc(-c2ccc[nH]2)n[nH]1. The summed E-state index contributed by atoms with van der Waals surface area (Å²) in [7, 11) is 0. The van der Waals surface area contributed by atoms with Crippen LogP contribution in [-0.4, -0.2) is 25.3 Å². The van der Waals surface area contributed by atoms with Crippen LogP contribution in [0.15, 0.2) is 18.3 Å². The predicted octanol–water partition coefficient (Wildman–Crippen LogP) is 0.292. The Labute approximate surface area is 68.5 Å². The molecule has 12 heavy (non-hydrogen) atoms. The van der Waals surface area contributed by atoms with E-state index in [-0.39, 0.29) is 6.61 Å². The molecule has 0 saturated carbocycles. The molecule has 0 aliphatic rings. The lowest BCUT2D eigenvalue weighted by Crippen LogP contribution is -1.84. The van der Waals surface area contributed by atoms with Crippen molar-refractivity contribution in [3.05, 3.63) is 24.2 Å². The van der Waals surface area contributed by atoms with Gasteiger partial charge in [0.1, 0.15) is 6.61 Å². The van der Waals surface area contributed by atoms with Gasteiger partial charge in [0.05, 0.1) is 5.69 Å². The Balaban J connectivity index is 2.35. The van der Waals surface area contributed by atoms with E-state index in [1.165, 1.54) is 0 Å². The molecule has 0 aromatic carbocycles. The molecule has 0 bridgehead atoms. The fourth-order valence-corrected chi connectivity index (χ4v) is 0.956. The molecule has 0 aliphatic heterocycles. The molecule has 0 atom stereocenters. The lowest BCUT2D eigenvalue weighted by molar-refractivity contribution is 0.272. The van der Waals surface area contributed by atoms with Crippen LogP contribution in [0.3, 0.4) is 0 Å². The van der Waals surface area contributed by atoms with Crippen LogP contribution in [0.1, 0.15) is 5.82 Å². The summed E-state index contributed by atoms with van der Waals surface area (Å²) in [5.41, 5.74) is 0.839. The van der Waals surface area contributed by atoms with Gasteiger partial charge in [-0.3, -0.25) is 5.10 Å². The molecule has 2 heterocycles. The monoisotopic (exact) mass is 164 g/mol. The third-order valence-corrected chi connectivity index (χ3v) is 1.52. The first-order valence-corrected chi connectivity index (χ1v) is 3.56. The number of H-pyrrole nitrogens is 2. The Hall–Kier alpha value is -1.62. The van der Waals surface area contributed by atoms with Crippen LogP contribution in [0.4, 0.5) is 0 Å². The quantitative estimate of drug-likeness (QED) is 0.597. The molecule has 0 amide bonds. The number of aliphatic hydroxyl groups excluding tert-OH is 1. The van der Waals surface area contributed by atoms with E-state index in [0.717, 1.165) is 5.69 Å². The largest absolute Gasteiger partial charge is 0.388 e. The van der Waals surface area contributed by atoms with E-state index in [2.05, 4.69) is 20.2 Å². The fraction of sp³-hybridized carbons (Fsp3) is 0.143. The topological polar surface area (TPSA) is 77.6 Å². The van der Waals surface area contributed by atoms with Gasteiger partial charge in [-0.05, 0) is 12.1 Å². The number of rotatable bonds is 2. The number of aromatic amines is 2. The number of hydrogen-bond donors (Lipinski definition) is 3. The zero-order valence-electron chi connectivity index (χ0n) is 6.28. The maximum absolute atomic E-state index is 8.70. The smallest absolute Gasteiger partial charge is 0.197 e. The van der Waals surface area contributed by atoms with E-state index in [9.17, 15) is 0 Å². The van der Waals surface area contributed by atoms with Crippen LogP contribution < -0.4 is 0 Å². The maximum atomic E-state index is 8.70. The summed E-state index contributed by atoms with van der Waals surface area (Å²) in [6.07, 6.45) is 1.80. The third-order valence-electron chi connectivity index (χ3n) is 1.52. The van der Waals surface area contributed by atoms with Crippen molar-refractivity contribution in [2.75, 3.05) is 0 Å². The highest BCUT2D eigenvalue weighted by Crippen LogP contribution is 2.10. The fourth-order valence-electron chi connectivity index (χ4n) is 0.956. The van der Waals surface area contributed by atoms with Crippen molar-refractivity contribution in [2.45, 2.75) is 6.61 Å². The summed E-state index contributed by atoms with van der Waals surface area (Å²) in [6, 6.07) is 3.73. The van der Waals surface area contributed by atoms with Crippen molar-refractivity contribution in [2.24, 2.45) is 0 Å². The van der Waals surface area contributed by atoms with Crippen LogP contribution in [0.5, 0.6) is 0 Å². The number of aliphatic hydroxyl groups is 1. The van der Waals surface area contributed by atoms with Gasteiger partial charge < -0.3 is 10.1 Å². The molecule has 3 N–H and O–H groups in total. The van der Waals surface area contributed by atoms with Crippen LogP contribution in [-0.2, 0) is 6.61 Å². The zero-order valence-corrected chi connectivity index (χ0v) is 6.28. The van der Waals surface area contributed by atoms with Crippen molar-refractivity contribution in [1.29, 1.82) is 0 Å². The average molecular weight is 164 g/mol. The van der Waals surface area contributed by atoms with E-state index in [1.54, 1.807) is 6.20 Å². The molecule has 0 fully saturated rings. The molecule has 0 saturated heterocycles. The van der Waals surface area contributed by atoms with E-state index in [0.29, 0.717) is 11.6 Å². The summed E-state index contributed by atoms with van der Waals surface area (Å²) in [5.74, 6) is 1.05. The Kier molecular flexibility index (Phi) is 1.64. The Bertz CT molecular complexity index is 351. The number of hydrogen-bond acceptors (Lipinski definition) is 3. The van der Waals surface area contributed by atoms with Crippen LogP contribution in [0.25, 0.3) is 11.5 Å². The van der Waals surface area contributed by atoms with Gasteiger partial charge in [-0.1, -0.05) is 0 Å². The van der Waals surface area contributed by atoms with Crippen molar-refractivity contribution in [3.63, 3.8) is 0 Å². The van der Waals surface area contributed by atoms with Gasteiger partial charge in [-0.2, -0.15) is 5.10 Å². The van der Waals surface area contributed by atoms with E-state index in [4.69, 9.17) is 5.11 Å².